The standard InChI is InChI=1S/C24H25N7O11/c25-21(27-22(33)41-13-15-1-5-18(6-2-15)30(37)38)29(12-20(32)26-17-9-10-28(11-17)23(34)35)24(36)42-14-16-3-7-19(8-4-16)31(39)40/h1-8,17H,9-14H2,(H,26,32)(H,34,35)(H2,25,27,33)/t17-/m0/s1. The zero-order valence-electron chi connectivity index (χ0n) is 21.8. The minimum absolute atomic E-state index is 0.0319. The van der Waals surface area contributed by atoms with Crippen LogP contribution in [0.2, 0.25) is 0 Å². The van der Waals surface area contributed by atoms with Gasteiger partial charge in [-0.05, 0) is 41.8 Å². The van der Waals surface area contributed by atoms with Crippen molar-refractivity contribution in [2.75, 3.05) is 19.6 Å². The topological polar surface area (TPSA) is 250 Å². The maximum Gasteiger partial charge on any atom is 0.437 e. The largest absolute Gasteiger partial charge is 0.465 e. The normalized spacial score (nSPS) is 14.5. The van der Waals surface area contributed by atoms with E-state index in [1.54, 1.807) is 0 Å². The second-order valence-electron chi connectivity index (χ2n) is 8.79. The number of carbonyl (C=O) groups excluding carboxylic acids is 3. The number of carboxylic acid groups (broad SMARTS) is 1. The first kappa shape index (κ1) is 30.7. The van der Waals surface area contributed by atoms with Crippen LogP contribution in [0.25, 0.3) is 0 Å². The van der Waals surface area contributed by atoms with Crippen LogP contribution in [-0.4, -0.2) is 80.6 Å². The number of aliphatic imine (C=N–C) groups is 1. The molecule has 18 heteroatoms. The van der Waals surface area contributed by atoms with Crippen molar-refractivity contribution in [2.45, 2.75) is 25.7 Å². The van der Waals surface area contributed by atoms with E-state index < -0.39 is 52.6 Å². The van der Waals surface area contributed by atoms with Crippen molar-refractivity contribution >= 4 is 41.5 Å². The van der Waals surface area contributed by atoms with Crippen molar-refractivity contribution in [3.05, 3.63) is 79.9 Å². The summed E-state index contributed by atoms with van der Waals surface area (Å²) in [5.74, 6) is -1.51. The van der Waals surface area contributed by atoms with Crippen molar-refractivity contribution in [3.8, 4) is 0 Å². The molecule has 1 aliphatic rings. The lowest BCUT2D eigenvalue weighted by atomic mass is 10.2. The summed E-state index contributed by atoms with van der Waals surface area (Å²) >= 11 is 0. The number of guanidine groups is 1. The Morgan fingerprint density at radius 2 is 1.50 bits per heavy atom. The number of amides is 4. The van der Waals surface area contributed by atoms with Crippen molar-refractivity contribution in [1.29, 1.82) is 0 Å². The highest BCUT2D eigenvalue weighted by molar-refractivity contribution is 6.00. The summed E-state index contributed by atoms with van der Waals surface area (Å²) in [5.41, 5.74) is 6.26. The lowest BCUT2D eigenvalue weighted by molar-refractivity contribution is -0.385. The smallest absolute Gasteiger partial charge is 0.437 e. The summed E-state index contributed by atoms with van der Waals surface area (Å²) < 4.78 is 10.1. The number of non-ortho nitro benzene ring substituents is 2. The molecule has 1 heterocycles. The zero-order chi connectivity index (χ0) is 30.8. The Labute approximate surface area is 236 Å². The van der Waals surface area contributed by atoms with Crippen LogP contribution in [0.1, 0.15) is 17.5 Å². The Bertz CT molecular complexity index is 1380. The number of nitrogens with one attached hydrogen (secondary N) is 1. The van der Waals surface area contributed by atoms with E-state index in [1.165, 1.54) is 48.5 Å². The molecule has 0 radical (unpaired) electrons. The van der Waals surface area contributed by atoms with Gasteiger partial charge in [-0.1, -0.05) is 0 Å². The van der Waals surface area contributed by atoms with Gasteiger partial charge in [0, 0.05) is 43.4 Å². The third-order valence-corrected chi connectivity index (χ3v) is 5.85. The molecular formula is C24H25N7O11. The summed E-state index contributed by atoms with van der Waals surface area (Å²) in [4.78, 5) is 74.5. The molecule has 4 amide bonds. The van der Waals surface area contributed by atoms with Crippen LogP contribution >= 0.6 is 0 Å². The number of hydrogen-bond donors (Lipinski definition) is 3. The molecule has 4 N–H and O–H groups in total. The van der Waals surface area contributed by atoms with Gasteiger partial charge in [0.1, 0.15) is 19.8 Å². The number of carbonyl (C=O) groups is 4. The van der Waals surface area contributed by atoms with Gasteiger partial charge in [0.05, 0.1) is 9.85 Å². The van der Waals surface area contributed by atoms with Crippen LogP contribution in [-0.2, 0) is 27.5 Å². The van der Waals surface area contributed by atoms with Crippen molar-refractivity contribution < 1.29 is 43.6 Å². The summed E-state index contributed by atoms with van der Waals surface area (Å²) in [6.45, 7) is -1.23. The number of ether oxygens (including phenoxy) is 2. The number of nitrogens with zero attached hydrogens (tertiary/aromatic N) is 5. The molecule has 0 aromatic heterocycles. The Balaban J connectivity index is 1.67. The van der Waals surface area contributed by atoms with Gasteiger partial charge < -0.3 is 30.5 Å². The molecule has 0 saturated carbocycles. The highest BCUT2D eigenvalue weighted by Gasteiger charge is 2.29. The molecule has 1 fully saturated rings. The maximum absolute atomic E-state index is 12.9. The third kappa shape index (κ3) is 8.86. The number of nitro groups is 2. The van der Waals surface area contributed by atoms with Crippen LogP contribution < -0.4 is 11.1 Å². The fourth-order valence-electron chi connectivity index (χ4n) is 3.69. The van der Waals surface area contributed by atoms with Crippen LogP contribution in [0.5, 0.6) is 0 Å². The Morgan fingerprint density at radius 1 is 0.976 bits per heavy atom. The first-order valence-corrected chi connectivity index (χ1v) is 12.1. The minimum atomic E-state index is -1.24. The molecule has 0 spiro atoms. The number of hydrogen-bond acceptors (Lipinski definition) is 10. The van der Waals surface area contributed by atoms with Gasteiger partial charge in [-0.2, -0.15) is 0 Å². The fourth-order valence-corrected chi connectivity index (χ4v) is 3.69. The van der Waals surface area contributed by atoms with E-state index in [9.17, 15) is 39.4 Å². The van der Waals surface area contributed by atoms with E-state index in [4.69, 9.17) is 20.3 Å². The SMILES string of the molecule is NC(=NC(=O)OCc1ccc([N+](=O)[O-])cc1)N(CC(=O)N[C@H]1CCN(C(=O)O)C1)C(=O)OCc1ccc([N+](=O)[O-])cc1. The fraction of sp³-hybridized carbons (Fsp3) is 0.292. The molecule has 1 aliphatic heterocycles. The van der Waals surface area contributed by atoms with Crippen LogP contribution in [0.15, 0.2) is 53.5 Å². The third-order valence-electron chi connectivity index (χ3n) is 5.85. The molecule has 222 valence electrons. The molecule has 18 nitrogen and oxygen atoms in total. The first-order valence-electron chi connectivity index (χ1n) is 12.1. The van der Waals surface area contributed by atoms with Crippen LogP contribution in [0.4, 0.5) is 25.8 Å². The highest BCUT2D eigenvalue weighted by Crippen LogP contribution is 2.15. The van der Waals surface area contributed by atoms with E-state index in [0.29, 0.717) is 22.4 Å². The predicted octanol–water partition coefficient (Wildman–Crippen LogP) is 1.96. The molecule has 42 heavy (non-hydrogen) atoms. The number of nitrogens with two attached hydrogens (primary N) is 1. The molecule has 3 rings (SSSR count). The maximum atomic E-state index is 12.9. The van der Waals surface area contributed by atoms with E-state index in [0.717, 1.165) is 4.90 Å². The Kier molecular flexibility index (Phi) is 10.2. The number of rotatable bonds is 9. The number of likely N-dealkylation sites (tertiary alicyclic amines) is 1. The van der Waals surface area contributed by atoms with E-state index in [1.807, 2.05) is 0 Å². The molecule has 2 aromatic carbocycles. The van der Waals surface area contributed by atoms with Gasteiger partial charge in [0.15, 0.2) is 0 Å². The lowest BCUT2D eigenvalue weighted by Gasteiger charge is -2.21. The lowest BCUT2D eigenvalue weighted by Crippen LogP contribution is -2.50. The van der Waals surface area contributed by atoms with Crippen molar-refractivity contribution in [2.24, 2.45) is 10.7 Å². The molecule has 1 saturated heterocycles. The van der Waals surface area contributed by atoms with Gasteiger partial charge >= 0.3 is 18.3 Å². The monoisotopic (exact) mass is 587 g/mol. The highest BCUT2D eigenvalue weighted by atomic mass is 16.6. The molecule has 2 aromatic rings. The average molecular weight is 588 g/mol. The summed E-state index contributed by atoms with van der Waals surface area (Å²) in [7, 11) is 0. The molecule has 0 bridgehead atoms. The second-order valence-corrected chi connectivity index (χ2v) is 8.79. The predicted molar refractivity (Wildman–Crippen MR) is 141 cm³/mol. The van der Waals surface area contributed by atoms with E-state index in [-0.39, 0.29) is 37.7 Å². The molecular weight excluding hydrogens is 562 g/mol. The van der Waals surface area contributed by atoms with Crippen LogP contribution in [0, 0.1) is 20.2 Å². The van der Waals surface area contributed by atoms with Crippen molar-refractivity contribution in [3.63, 3.8) is 0 Å². The molecule has 1 atom stereocenters. The molecule has 0 aliphatic carbocycles. The molecule has 0 unspecified atom stereocenters. The number of nitro benzene ring substituents is 2. The van der Waals surface area contributed by atoms with Gasteiger partial charge in [0.25, 0.3) is 11.4 Å². The quantitative estimate of drug-likeness (QED) is 0.165. The summed E-state index contributed by atoms with van der Waals surface area (Å²) in [6, 6.07) is 9.72. The van der Waals surface area contributed by atoms with Gasteiger partial charge in [-0.25, -0.2) is 19.3 Å². The Morgan fingerprint density at radius 3 is 1.98 bits per heavy atom. The number of benzene rings is 2. The van der Waals surface area contributed by atoms with Gasteiger partial charge in [0.2, 0.25) is 11.9 Å². The first-order chi connectivity index (χ1) is 19.9. The second kappa shape index (κ2) is 14.0. The van der Waals surface area contributed by atoms with Crippen LogP contribution in [0.3, 0.4) is 0 Å². The zero-order valence-corrected chi connectivity index (χ0v) is 21.8. The van der Waals surface area contributed by atoms with E-state index >= 15 is 0 Å². The summed E-state index contributed by atoms with van der Waals surface area (Å²) in [5, 5.41) is 33.3. The van der Waals surface area contributed by atoms with Gasteiger partial charge in [-0.15, -0.1) is 4.99 Å². The minimum Gasteiger partial charge on any atom is -0.465 e. The average Bonchev–Trinajstić information content (AvgIpc) is 3.42. The van der Waals surface area contributed by atoms with Gasteiger partial charge in [-0.3, -0.25) is 25.0 Å². The van der Waals surface area contributed by atoms with Crippen molar-refractivity contribution in [1.82, 2.24) is 15.1 Å². The summed E-state index contributed by atoms with van der Waals surface area (Å²) in [6.07, 6.45) is -3.24. The van der Waals surface area contributed by atoms with E-state index in [2.05, 4.69) is 10.3 Å². The Hall–Kier alpha value is -5.81.